The smallest absolute Gasteiger partial charge is 0.220 e. The van der Waals surface area contributed by atoms with Crippen molar-refractivity contribution >= 4 is 11.7 Å². The van der Waals surface area contributed by atoms with Gasteiger partial charge in [0.2, 0.25) is 5.91 Å². The molecular weight excluding hydrogens is 400 g/mol. The van der Waals surface area contributed by atoms with Crippen molar-refractivity contribution in [3.05, 3.63) is 65.2 Å². The van der Waals surface area contributed by atoms with Crippen LogP contribution in [0.1, 0.15) is 61.2 Å². The zero-order valence-corrected chi connectivity index (χ0v) is 19.2. The van der Waals surface area contributed by atoms with Crippen molar-refractivity contribution in [2.45, 2.75) is 58.9 Å². The van der Waals surface area contributed by atoms with Crippen LogP contribution in [0.2, 0.25) is 0 Å². The minimum Gasteiger partial charge on any atom is -0.356 e. The lowest BCUT2D eigenvalue weighted by Gasteiger charge is -2.27. The van der Waals surface area contributed by atoms with E-state index < -0.39 is 0 Å². The molecule has 0 saturated carbocycles. The third kappa shape index (κ3) is 4.98. The Morgan fingerprint density at radius 3 is 2.53 bits per heavy atom. The lowest BCUT2D eigenvalue weighted by atomic mass is 10.1. The number of benzene rings is 1. The summed E-state index contributed by atoms with van der Waals surface area (Å²) in [6.07, 6.45) is 6.38. The number of carbonyl (C=O) groups excluding carboxylic acids is 1. The van der Waals surface area contributed by atoms with Crippen molar-refractivity contribution in [2.24, 2.45) is 0 Å². The summed E-state index contributed by atoms with van der Waals surface area (Å²) >= 11 is 0. The van der Waals surface area contributed by atoms with E-state index >= 15 is 0 Å². The van der Waals surface area contributed by atoms with Crippen molar-refractivity contribution in [1.29, 1.82) is 0 Å². The van der Waals surface area contributed by atoms with Crippen LogP contribution in [0.25, 0.3) is 5.82 Å². The van der Waals surface area contributed by atoms with Crippen LogP contribution in [0.4, 0.5) is 5.82 Å². The Bertz CT molecular complexity index is 1060. The number of carbonyl (C=O) groups is 1. The highest BCUT2D eigenvalue weighted by atomic mass is 16.1. The Morgan fingerprint density at radius 1 is 1.06 bits per heavy atom. The molecule has 1 amide bonds. The van der Waals surface area contributed by atoms with Crippen LogP contribution in [0.15, 0.2) is 42.7 Å². The first-order valence-electron chi connectivity index (χ1n) is 11.5. The van der Waals surface area contributed by atoms with Gasteiger partial charge in [0.05, 0.1) is 11.7 Å². The fourth-order valence-corrected chi connectivity index (χ4v) is 4.39. The van der Waals surface area contributed by atoms with E-state index in [9.17, 15) is 4.79 Å². The molecule has 1 aliphatic rings. The van der Waals surface area contributed by atoms with Crippen molar-refractivity contribution in [2.75, 3.05) is 18.0 Å². The van der Waals surface area contributed by atoms with Gasteiger partial charge in [-0.05, 0) is 57.6 Å². The summed E-state index contributed by atoms with van der Waals surface area (Å²) in [5.41, 5.74) is 4.17. The molecule has 1 atom stereocenters. The van der Waals surface area contributed by atoms with Crippen LogP contribution in [-0.2, 0) is 11.2 Å². The molecule has 0 spiro atoms. The van der Waals surface area contributed by atoms with Gasteiger partial charge < -0.3 is 10.2 Å². The number of anilines is 1. The van der Waals surface area contributed by atoms with Crippen LogP contribution in [0, 0.1) is 13.8 Å². The highest BCUT2D eigenvalue weighted by Crippen LogP contribution is 2.22. The van der Waals surface area contributed by atoms with Crippen LogP contribution >= 0.6 is 0 Å². The molecule has 7 nitrogen and oxygen atoms in total. The third-order valence-electron chi connectivity index (χ3n) is 6.26. The van der Waals surface area contributed by atoms with E-state index in [1.807, 2.05) is 61.9 Å². The van der Waals surface area contributed by atoms with Crippen LogP contribution in [0.3, 0.4) is 0 Å². The van der Waals surface area contributed by atoms with Gasteiger partial charge >= 0.3 is 0 Å². The van der Waals surface area contributed by atoms with E-state index in [4.69, 9.17) is 5.10 Å². The fraction of sp³-hybridized carbons (Fsp3) is 0.440. The summed E-state index contributed by atoms with van der Waals surface area (Å²) < 4.78 is 1.88. The van der Waals surface area contributed by atoms with Crippen LogP contribution in [0.5, 0.6) is 0 Å². The molecule has 7 heteroatoms. The second-order valence-corrected chi connectivity index (χ2v) is 8.54. The first-order valence-corrected chi connectivity index (χ1v) is 11.5. The summed E-state index contributed by atoms with van der Waals surface area (Å²) in [5.74, 6) is 1.77. The van der Waals surface area contributed by atoms with Crippen LogP contribution < -0.4 is 10.2 Å². The zero-order valence-electron chi connectivity index (χ0n) is 19.2. The number of hydrogen-bond acceptors (Lipinski definition) is 5. The molecule has 1 saturated heterocycles. The first-order chi connectivity index (χ1) is 15.5. The average molecular weight is 433 g/mol. The SMILES string of the molecule is Cc1nn(-c2cc(N3CCCCC3)ncn2)c(C)c1CCC(=O)NC(C)c1ccccc1. The van der Waals surface area contributed by atoms with Gasteiger partial charge in [0.1, 0.15) is 12.1 Å². The first kappa shape index (κ1) is 22.0. The number of piperidine rings is 1. The molecule has 3 aromatic rings. The molecule has 1 fully saturated rings. The highest BCUT2D eigenvalue weighted by molar-refractivity contribution is 5.76. The van der Waals surface area contributed by atoms with E-state index in [1.54, 1.807) is 6.33 Å². The van der Waals surface area contributed by atoms with Gasteiger partial charge in [-0.2, -0.15) is 5.10 Å². The summed E-state index contributed by atoms with van der Waals surface area (Å²) in [6, 6.07) is 12.0. The summed E-state index contributed by atoms with van der Waals surface area (Å²) in [4.78, 5) is 23.8. The molecule has 1 N–H and O–H groups in total. The standard InChI is InChI=1S/C25H32N6O/c1-18(21-10-6-4-7-11-21)28-25(32)13-12-22-19(2)29-31(20(22)3)24-16-23(26-17-27-24)30-14-8-5-9-15-30/h4,6-7,10-11,16-18H,5,8-9,12-15H2,1-3H3,(H,28,32). The normalized spacial score (nSPS) is 14.9. The number of hydrogen-bond donors (Lipinski definition) is 1. The second-order valence-electron chi connectivity index (χ2n) is 8.54. The molecule has 3 heterocycles. The molecule has 0 aliphatic carbocycles. The summed E-state index contributed by atoms with van der Waals surface area (Å²) in [5, 5.41) is 7.82. The zero-order chi connectivity index (χ0) is 22.5. The maximum atomic E-state index is 12.6. The van der Waals surface area contributed by atoms with Gasteiger partial charge in [-0.3, -0.25) is 4.79 Å². The predicted octanol–water partition coefficient (Wildman–Crippen LogP) is 4.08. The third-order valence-corrected chi connectivity index (χ3v) is 6.26. The quantitative estimate of drug-likeness (QED) is 0.609. The minimum absolute atomic E-state index is 0.0113. The molecule has 4 rings (SSSR count). The molecule has 0 bridgehead atoms. The lowest BCUT2D eigenvalue weighted by Crippen LogP contribution is -2.30. The Morgan fingerprint density at radius 2 is 1.78 bits per heavy atom. The van der Waals surface area contributed by atoms with Crippen molar-refractivity contribution in [1.82, 2.24) is 25.1 Å². The second kappa shape index (κ2) is 9.94. The molecule has 0 radical (unpaired) electrons. The minimum atomic E-state index is -0.0113. The summed E-state index contributed by atoms with van der Waals surface area (Å²) in [6.45, 7) is 8.13. The topological polar surface area (TPSA) is 75.9 Å². The number of rotatable bonds is 7. The maximum Gasteiger partial charge on any atom is 0.220 e. The van der Waals surface area contributed by atoms with E-state index in [2.05, 4.69) is 20.2 Å². The maximum absolute atomic E-state index is 12.6. The molecule has 1 aromatic carbocycles. The summed E-state index contributed by atoms with van der Waals surface area (Å²) in [7, 11) is 0. The molecule has 168 valence electrons. The monoisotopic (exact) mass is 432 g/mol. The molecule has 1 aliphatic heterocycles. The number of nitrogens with one attached hydrogen (secondary N) is 1. The van der Waals surface area contributed by atoms with Gasteiger partial charge in [0.25, 0.3) is 0 Å². The number of aryl methyl sites for hydroxylation is 1. The molecule has 1 unspecified atom stereocenters. The number of aromatic nitrogens is 4. The van der Waals surface area contributed by atoms with Gasteiger partial charge in [-0.1, -0.05) is 30.3 Å². The Labute approximate surface area is 189 Å². The lowest BCUT2D eigenvalue weighted by molar-refractivity contribution is -0.121. The van der Waals surface area contributed by atoms with E-state index in [-0.39, 0.29) is 11.9 Å². The van der Waals surface area contributed by atoms with Gasteiger partial charge in [-0.25, -0.2) is 14.6 Å². The van der Waals surface area contributed by atoms with Gasteiger partial charge in [0, 0.05) is 31.3 Å². The van der Waals surface area contributed by atoms with Crippen molar-refractivity contribution < 1.29 is 4.79 Å². The highest BCUT2D eigenvalue weighted by Gasteiger charge is 2.18. The number of amides is 1. The van der Waals surface area contributed by atoms with Crippen LogP contribution in [-0.4, -0.2) is 38.7 Å². The van der Waals surface area contributed by atoms with Crippen molar-refractivity contribution in [3.63, 3.8) is 0 Å². The Hall–Kier alpha value is -3.22. The van der Waals surface area contributed by atoms with E-state index in [0.29, 0.717) is 12.8 Å². The van der Waals surface area contributed by atoms with E-state index in [0.717, 1.165) is 47.2 Å². The van der Waals surface area contributed by atoms with Gasteiger partial charge in [-0.15, -0.1) is 0 Å². The van der Waals surface area contributed by atoms with Crippen molar-refractivity contribution in [3.8, 4) is 5.82 Å². The van der Waals surface area contributed by atoms with Gasteiger partial charge in [0.15, 0.2) is 5.82 Å². The molecule has 2 aromatic heterocycles. The average Bonchev–Trinajstić information content (AvgIpc) is 3.12. The molecule has 32 heavy (non-hydrogen) atoms. The van der Waals surface area contributed by atoms with E-state index in [1.165, 1.54) is 19.3 Å². The number of nitrogens with zero attached hydrogens (tertiary/aromatic N) is 5. The predicted molar refractivity (Wildman–Crippen MR) is 126 cm³/mol. The molecular formula is C25H32N6O. The Balaban J connectivity index is 1.43. The largest absolute Gasteiger partial charge is 0.356 e. The Kier molecular flexibility index (Phi) is 6.83. The fourth-order valence-electron chi connectivity index (χ4n) is 4.39.